The average Bonchev–Trinajstić information content (AvgIpc) is 3.29. The third-order valence-corrected chi connectivity index (χ3v) is 5.32. The lowest BCUT2D eigenvalue weighted by Gasteiger charge is -2.25. The van der Waals surface area contributed by atoms with E-state index in [4.69, 9.17) is 4.98 Å². The van der Waals surface area contributed by atoms with Crippen molar-refractivity contribution < 1.29 is 4.79 Å². The average molecular weight is 396 g/mol. The standard InChI is InChI=1S/C23H20N6O/c30-23(22-17-6-2-1-5-16(17)10-11-26-22)29-14-4-8-19(29)18-7-3-9-20(27-18)28-21-15-24-12-13-25-21/h1-3,5-7,9-13,15,19H,4,8,14H2,(H,25,27,28). The van der Waals surface area contributed by atoms with Gasteiger partial charge in [0.15, 0.2) is 0 Å². The molecule has 1 saturated heterocycles. The highest BCUT2D eigenvalue weighted by Gasteiger charge is 2.33. The molecule has 148 valence electrons. The monoisotopic (exact) mass is 396 g/mol. The Morgan fingerprint density at radius 1 is 0.967 bits per heavy atom. The fraction of sp³-hybridized carbons (Fsp3) is 0.174. The predicted molar refractivity (Wildman–Crippen MR) is 114 cm³/mol. The molecule has 7 heteroatoms. The zero-order valence-electron chi connectivity index (χ0n) is 16.3. The quantitative estimate of drug-likeness (QED) is 0.558. The van der Waals surface area contributed by atoms with Crippen LogP contribution >= 0.6 is 0 Å². The van der Waals surface area contributed by atoms with Crippen LogP contribution in [0.4, 0.5) is 11.6 Å². The Morgan fingerprint density at radius 3 is 2.80 bits per heavy atom. The number of anilines is 2. The van der Waals surface area contributed by atoms with Gasteiger partial charge in [0.1, 0.15) is 17.3 Å². The SMILES string of the molecule is O=C(c1nccc2ccccc12)N1CCCC1c1cccc(Nc2cnccn2)n1. The number of benzene rings is 1. The molecular formula is C23H20N6O. The normalized spacial score (nSPS) is 16.0. The first kappa shape index (κ1) is 18.2. The van der Waals surface area contributed by atoms with E-state index in [0.29, 0.717) is 23.9 Å². The van der Waals surface area contributed by atoms with Crippen molar-refractivity contribution in [3.05, 3.63) is 84.7 Å². The van der Waals surface area contributed by atoms with Crippen LogP contribution in [0.5, 0.6) is 0 Å². The summed E-state index contributed by atoms with van der Waals surface area (Å²) in [5.74, 6) is 1.25. The van der Waals surface area contributed by atoms with E-state index in [1.54, 1.807) is 24.8 Å². The first-order valence-electron chi connectivity index (χ1n) is 9.94. The first-order valence-corrected chi connectivity index (χ1v) is 9.94. The van der Waals surface area contributed by atoms with E-state index < -0.39 is 0 Å². The molecule has 0 radical (unpaired) electrons. The highest BCUT2D eigenvalue weighted by atomic mass is 16.2. The van der Waals surface area contributed by atoms with Crippen LogP contribution < -0.4 is 5.32 Å². The minimum atomic E-state index is -0.0816. The molecule has 5 rings (SSSR count). The number of nitrogens with zero attached hydrogens (tertiary/aromatic N) is 5. The second kappa shape index (κ2) is 7.87. The maximum atomic E-state index is 13.4. The fourth-order valence-electron chi connectivity index (χ4n) is 3.94. The number of hydrogen-bond donors (Lipinski definition) is 1. The molecule has 1 N–H and O–H groups in total. The number of pyridine rings is 2. The van der Waals surface area contributed by atoms with Crippen molar-refractivity contribution in [1.82, 2.24) is 24.8 Å². The van der Waals surface area contributed by atoms with E-state index in [-0.39, 0.29) is 11.9 Å². The van der Waals surface area contributed by atoms with Crippen LogP contribution in [0, 0.1) is 0 Å². The summed E-state index contributed by atoms with van der Waals surface area (Å²) in [6.07, 6.45) is 8.40. The van der Waals surface area contributed by atoms with Crippen molar-refractivity contribution in [3.63, 3.8) is 0 Å². The topological polar surface area (TPSA) is 83.9 Å². The van der Waals surface area contributed by atoms with E-state index in [9.17, 15) is 4.79 Å². The lowest BCUT2D eigenvalue weighted by molar-refractivity contribution is 0.0729. The van der Waals surface area contributed by atoms with E-state index in [1.807, 2.05) is 53.4 Å². The molecule has 1 aromatic carbocycles. The number of hydrogen-bond acceptors (Lipinski definition) is 6. The maximum absolute atomic E-state index is 13.4. The summed E-state index contributed by atoms with van der Waals surface area (Å²) in [7, 11) is 0. The maximum Gasteiger partial charge on any atom is 0.273 e. The second-order valence-electron chi connectivity index (χ2n) is 7.20. The van der Waals surface area contributed by atoms with Gasteiger partial charge >= 0.3 is 0 Å². The summed E-state index contributed by atoms with van der Waals surface area (Å²) in [6.45, 7) is 0.692. The van der Waals surface area contributed by atoms with Crippen LogP contribution in [0.1, 0.15) is 35.1 Å². The van der Waals surface area contributed by atoms with Gasteiger partial charge in [-0.05, 0) is 36.4 Å². The summed E-state index contributed by atoms with van der Waals surface area (Å²) < 4.78 is 0. The highest BCUT2D eigenvalue weighted by Crippen LogP contribution is 2.33. The van der Waals surface area contributed by atoms with E-state index >= 15 is 0 Å². The van der Waals surface area contributed by atoms with Crippen LogP contribution in [0.15, 0.2) is 73.3 Å². The number of likely N-dealkylation sites (tertiary alicyclic amines) is 1. The van der Waals surface area contributed by atoms with Crippen molar-refractivity contribution in [2.45, 2.75) is 18.9 Å². The van der Waals surface area contributed by atoms with Gasteiger partial charge in [0.25, 0.3) is 5.91 Å². The molecule has 1 fully saturated rings. The summed E-state index contributed by atoms with van der Waals surface area (Å²) in [4.78, 5) is 32.8. The van der Waals surface area contributed by atoms with Crippen LogP contribution in [0.3, 0.4) is 0 Å². The van der Waals surface area contributed by atoms with Gasteiger partial charge in [-0.2, -0.15) is 0 Å². The lowest BCUT2D eigenvalue weighted by Crippen LogP contribution is -2.31. The van der Waals surface area contributed by atoms with Gasteiger partial charge in [0.2, 0.25) is 0 Å². The Bertz CT molecular complexity index is 1190. The van der Waals surface area contributed by atoms with Gasteiger partial charge < -0.3 is 10.2 Å². The van der Waals surface area contributed by atoms with Crippen molar-refractivity contribution in [2.75, 3.05) is 11.9 Å². The summed E-state index contributed by atoms with van der Waals surface area (Å²) in [5, 5.41) is 5.06. The summed E-state index contributed by atoms with van der Waals surface area (Å²) in [6, 6.07) is 15.5. The molecule has 0 aliphatic carbocycles. The van der Waals surface area contributed by atoms with Gasteiger partial charge in [-0.3, -0.25) is 14.8 Å². The van der Waals surface area contributed by atoms with Gasteiger partial charge in [-0.1, -0.05) is 30.3 Å². The number of rotatable bonds is 4. The molecule has 3 aromatic heterocycles. The Balaban J connectivity index is 1.44. The zero-order valence-corrected chi connectivity index (χ0v) is 16.3. The van der Waals surface area contributed by atoms with Crippen molar-refractivity contribution in [2.24, 2.45) is 0 Å². The van der Waals surface area contributed by atoms with Crippen molar-refractivity contribution >= 4 is 28.3 Å². The van der Waals surface area contributed by atoms with Crippen LogP contribution in [0.25, 0.3) is 10.8 Å². The third-order valence-electron chi connectivity index (χ3n) is 5.32. The largest absolute Gasteiger partial charge is 0.329 e. The Labute approximate surface area is 173 Å². The number of fused-ring (bicyclic) bond motifs is 1. The summed E-state index contributed by atoms with van der Waals surface area (Å²) >= 11 is 0. The van der Waals surface area contributed by atoms with Crippen molar-refractivity contribution in [1.29, 1.82) is 0 Å². The Morgan fingerprint density at radius 2 is 1.90 bits per heavy atom. The van der Waals surface area contributed by atoms with Gasteiger partial charge in [-0.25, -0.2) is 9.97 Å². The molecular weight excluding hydrogens is 376 g/mol. The smallest absolute Gasteiger partial charge is 0.273 e. The summed E-state index contributed by atoms with van der Waals surface area (Å²) in [5.41, 5.74) is 1.35. The molecule has 30 heavy (non-hydrogen) atoms. The molecule has 1 aliphatic heterocycles. The first-order chi connectivity index (χ1) is 14.8. The van der Waals surface area contributed by atoms with Gasteiger partial charge in [0.05, 0.1) is 17.9 Å². The van der Waals surface area contributed by atoms with Gasteiger partial charge in [-0.15, -0.1) is 0 Å². The molecule has 1 aliphatic rings. The minimum Gasteiger partial charge on any atom is -0.329 e. The molecule has 0 spiro atoms. The Kier molecular flexibility index (Phi) is 4.77. The molecule has 0 saturated carbocycles. The zero-order chi connectivity index (χ0) is 20.3. The number of carbonyl (C=O) groups is 1. The minimum absolute atomic E-state index is 0.0524. The number of carbonyl (C=O) groups excluding carboxylic acids is 1. The van der Waals surface area contributed by atoms with E-state index in [1.165, 1.54) is 0 Å². The Hall–Kier alpha value is -3.87. The lowest BCUT2D eigenvalue weighted by atomic mass is 10.1. The van der Waals surface area contributed by atoms with Crippen LogP contribution in [-0.2, 0) is 0 Å². The third kappa shape index (κ3) is 3.45. The number of aromatic nitrogens is 4. The van der Waals surface area contributed by atoms with Crippen molar-refractivity contribution in [3.8, 4) is 0 Å². The molecule has 1 amide bonds. The fourth-order valence-corrected chi connectivity index (χ4v) is 3.94. The number of nitrogens with one attached hydrogen (secondary N) is 1. The molecule has 1 unspecified atom stereocenters. The predicted octanol–water partition coefficient (Wildman–Crippen LogP) is 4.14. The molecule has 0 bridgehead atoms. The molecule has 7 nitrogen and oxygen atoms in total. The van der Waals surface area contributed by atoms with Crippen LogP contribution in [-0.4, -0.2) is 37.3 Å². The highest BCUT2D eigenvalue weighted by molar-refractivity contribution is 6.05. The molecule has 4 heterocycles. The van der Waals surface area contributed by atoms with E-state index in [2.05, 4.69) is 20.3 Å². The second-order valence-corrected chi connectivity index (χ2v) is 7.20. The van der Waals surface area contributed by atoms with Gasteiger partial charge in [0, 0.05) is 30.5 Å². The van der Waals surface area contributed by atoms with E-state index in [0.717, 1.165) is 29.3 Å². The molecule has 1 atom stereocenters. The number of amides is 1. The van der Waals surface area contributed by atoms with Crippen LogP contribution in [0.2, 0.25) is 0 Å². The molecule has 4 aromatic rings.